The Morgan fingerprint density at radius 1 is 1.12 bits per heavy atom. The van der Waals surface area contributed by atoms with E-state index >= 15 is 0 Å². The van der Waals surface area contributed by atoms with Crippen LogP contribution in [0.4, 0.5) is 4.79 Å². The Kier molecular flexibility index (Phi) is 7.77. The summed E-state index contributed by atoms with van der Waals surface area (Å²) in [5.74, 6) is 0.120. The Labute approximate surface area is 203 Å². The lowest BCUT2D eigenvalue weighted by Gasteiger charge is -2.37. The molecule has 0 saturated carbocycles. The number of hydrogen-bond donors (Lipinski definition) is 2. The van der Waals surface area contributed by atoms with Crippen LogP contribution in [0, 0.1) is 0 Å². The van der Waals surface area contributed by atoms with Crippen molar-refractivity contribution in [2.75, 3.05) is 24.7 Å². The molecule has 1 unspecified atom stereocenters. The molecule has 34 heavy (non-hydrogen) atoms. The minimum absolute atomic E-state index is 0.0578. The molecule has 1 fully saturated rings. The molecule has 4 rings (SSSR count). The predicted octanol–water partition coefficient (Wildman–Crippen LogP) is 4.11. The summed E-state index contributed by atoms with van der Waals surface area (Å²) in [6.45, 7) is 2.60. The number of amides is 2. The summed E-state index contributed by atoms with van der Waals surface area (Å²) in [6.07, 6.45) is 0.441. The number of ether oxygens (including phenoxy) is 1. The number of hydrogen-bond acceptors (Lipinski definition) is 5. The van der Waals surface area contributed by atoms with Crippen molar-refractivity contribution in [3.8, 4) is 11.1 Å². The highest BCUT2D eigenvalue weighted by atomic mass is 32.2. The third kappa shape index (κ3) is 5.22. The molecule has 2 amide bonds. The largest absolute Gasteiger partial charge is 0.481 e. The van der Waals surface area contributed by atoms with Gasteiger partial charge in [-0.1, -0.05) is 61.9 Å². The van der Waals surface area contributed by atoms with Crippen LogP contribution in [-0.4, -0.2) is 64.7 Å². The Morgan fingerprint density at radius 2 is 1.76 bits per heavy atom. The van der Waals surface area contributed by atoms with E-state index in [0.29, 0.717) is 25.1 Å². The lowest BCUT2D eigenvalue weighted by molar-refractivity contribution is -0.141. The number of carbonyl (C=O) groups excluding carboxylic acids is 2. The molecule has 2 N–H and O–H groups in total. The molecule has 0 aromatic heterocycles. The van der Waals surface area contributed by atoms with E-state index in [1.807, 2.05) is 31.2 Å². The monoisotopic (exact) mass is 482 g/mol. The van der Waals surface area contributed by atoms with Crippen LogP contribution in [0.5, 0.6) is 0 Å². The van der Waals surface area contributed by atoms with E-state index in [0.717, 1.165) is 28.0 Å². The molecule has 180 valence electrons. The van der Waals surface area contributed by atoms with Crippen molar-refractivity contribution in [3.05, 3.63) is 59.7 Å². The maximum Gasteiger partial charge on any atom is 0.407 e. The Morgan fingerprint density at radius 3 is 2.38 bits per heavy atom. The molecule has 7 nitrogen and oxygen atoms in total. The second kappa shape index (κ2) is 11.0. The first-order valence-corrected chi connectivity index (χ1v) is 12.9. The molecular formula is C26H30N2O5S. The van der Waals surface area contributed by atoms with Gasteiger partial charge in [-0.25, -0.2) is 4.79 Å². The first kappa shape index (κ1) is 24.1. The number of alkyl carbamates (subject to hydrolysis) is 1. The first-order valence-electron chi connectivity index (χ1n) is 11.7. The van der Waals surface area contributed by atoms with Crippen LogP contribution in [0.15, 0.2) is 48.5 Å². The third-order valence-corrected chi connectivity index (χ3v) is 7.52. The molecule has 0 radical (unpaired) electrons. The van der Waals surface area contributed by atoms with Crippen molar-refractivity contribution in [2.45, 2.75) is 44.2 Å². The molecule has 0 spiro atoms. The van der Waals surface area contributed by atoms with Gasteiger partial charge in [0.15, 0.2) is 0 Å². The number of carboxylic acid groups (broad SMARTS) is 1. The molecule has 2 atom stereocenters. The smallest absolute Gasteiger partial charge is 0.407 e. The summed E-state index contributed by atoms with van der Waals surface area (Å²) in [5.41, 5.74) is 4.55. The van der Waals surface area contributed by atoms with Crippen molar-refractivity contribution in [1.29, 1.82) is 0 Å². The van der Waals surface area contributed by atoms with E-state index < -0.39 is 18.1 Å². The fraction of sp³-hybridized carbons (Fsp3) is 0.423. The maximum absolute atomic E-state index is 13.3. The summed E-state index contributed by atoms with van der Waals surface area (Å²) >= 11 is 1.65. The molecule has 2 aliphatic rings. The zero-order valence-corrected chi connectivity index (χ0v) is 20.1. The van der Waals surface area contributed by atoms with Crippen LogP contribution >= 0.6 is 11.8 Å². The highest BCUT2D eigenvalue weighted by Gasteiger charge is 2.34. The average molecular weight is 483 g/mol. The number of aliphatic carboxylic acids is 1. The summed E-state index contributed by atoms with van der Waals surface area (Å²) in [6, 6.07) is 15.1. The van der Waals surface area contributed by atoms with Gasteiger partial charge < -0.3 is 20.1 Å². The van der Waals surface area contributed by atoms with Gasteiger partial charge >= 0.3 is 12.1 Å². The second-order valence-corrected chi connectivity index (χ2v) is 9.82. The van der Waals surface area contributed by atoms with Crippen LogP contribution in [-0.2, 0) is 14.3 Å². The summed E-state index contributed by atoms with van der Waals surface area (Å²) in [4.78, 5) is 38.9. The lowest BCUT2D eigenvalue weighted by atomic mass is 9.98. The Balaban J connectivity index is 1.42. The number of benzene rings is 2. The van der Waals surface area contributed by atoms with Gasteiger partial charge in [-0.05, 0) is 28.7 Å². The summed E-state index contributed by atoms with van der Waals surface area (Å²) in [7, 11) is 0. The Bertz CT molecular complexity index is 1010. The maximum atomic E-state index is 13.3. The molecule has 8 heteroatoms. The van der Waals surface area contributed by atoms with Crippen LogP contribution in [0.3, 0.4) is 0 Å². The van der Waals surface area contributed by atoms with Gasteiger partial charge in [0.2, 0.25) is 5.91 Å². The lowest BCUT2D eigenvalue weighted by Crippen LogP contribution is -2.55. The molecule has 1 aliphatic heterocycles. The summed E-state index contributed by atoms with van der Waals surface area (Å²) < 4.78 is 5.63. The van der Waals surface area contributed by atoms with Gasteiger partial charge in [-0.2, -0.15) is 11.8 Å². The van der Waals surface area contributed by atoms with Crippen LogP contribution in [0.25, 0.3) is 11.1 Å². The predicted molar refractivity (Wildman–Crippen MR) is 132 cm³/mol. The third-order valence-electron chi connectivity index (χ3n) is 6.43. The number of nitrogens with zero attached hydrogens (tertiary/aromatic N) is 1. The van der Waals surface area contributed by atoms with Crippen LogP contribution in [0.1, 0.15) is 43.2 Å². The number of nitrogens with one attached hydrogen (secondary N) is 1. The molecule has 1 aliphatic carbocycles. The highest BCUT2D eigenvalue weighted by molar-refractivity contribution is 7.99. The first-order chi connectivity index (χ1) is 16.5. The van der Waals surface area contributed by atoms with E-state index in [1.54, 1.807) is 16.7 Å². The van der Waals surface area contributed by atoms with E-state index in [9.17, 15) is 19.5 Å². The molecule has 0 bridgehead atoms. The van der Waals surface area contributed by atoms with E-state index in [1.165, 1.54) is 0 Å². The minimum Gasteiger partial charge on any atom is -0.481 e. The highest BCUT2D eigenvalue weighted by Crippen LogP contribution is 2.44. The van der Waals surface area contributed by atoms with Gasteiger partial charge in [0.25, 0.3) is 0 Å². The van der Waals surface area contributed by atoms with Crippen molar-refractivity contribution in [1.82, 2.24) is 10.2 Å². The van der Waals surface area contributed by atoms with Gasteiger partial charge in [-0.15, -0.1) is 0 Å². The van der Waals surface area contributed by atoms with E-state index in [-0.39, 0.29) is 30.9 Å². The van der Waals surface area contributed by atoms with Crippen molar-refractivity contribution in [3.63, 3.8) is 0 Å². The second-order valence-electron chi connectivity index (χ2n) is 8.67. The van der Waals surface area contributed by atoms with Crippen molar-refractivity contribution in [2.24, 2.45) is 0 Å². The minimum atomic E-state index is -0.929. The van der Waals surface area contributed by atoms with Crippen molar-refractivity contribution < 1.29 is 24.2 Å². The number of fused-ring (bicyclic) bond motifs is 3. The van der Waals surface area contributed by atoms with Gasteiger partial charge in [0.05, 0.1) is 12.5 Å². The molecule has 2 aromatic rings. The SMILES string of the molecule is CCC[C@H](NC(=O)OCC1c2ccccc2-c2ccccc21)C(=O)N1CCSCC1CC(=O)O. The fourth-order valence-corrected chi connectivity index (χ4v) is 5.91. The quantitative estimate of drug-likeness (QED) is 0.588. The number of thioether (sulfide) groups is 1. The van der Waals surface area contributed by atoms with Gasteiger partial charge in [0.1, 0.15) is 12.6 Å². The number of carbonyl (C=O) groups is 3. The standard InChI is InChI=1S/C26H30N2O5S/c1-2-7-23(25(31)28-12-13-34-16-17(28)14-24(29)30)27-26(32)33-15-22-20-10-5-3-8-18(20)19-9-4-6-11-21(19)22/h3-6,8-11,17,22-23H,2,7,12-16H2,1H3,(H,27,32)(H,29,30)/t17?,23-/m0/s1. The number of carboxylic acids is 1. The average Bonchev–Trinajstić information content (AvgIpc) is 3.16. The molecule has 2 aromatic carbocycles. The molecule has 1 heterocycles. The van der Waals surface area contributed by atoms with Crippen molar-refractivity contribution >= 4 is 29.7 Å². The van der Waals surface area contributed by atoms with E-state index in [4.69, 9.17) is 4.74 Å². The van der Waals surface area contributed by atoms with Gasteiger partial charge in [0, 0.05) is 24.0 Å². The fourth-order valence-electron chi connectivity index (χ4n) is 4.84. The zero-order chi connectivity index (χ0) is 24.1. The molecular weight excluding hydrogens is 452 g/mol. The number of rotatable bonds is 8. The van der Waals surface area contributed by atoms with Crippen LogP contribution < -0.4 is 5.32 Å². The topological polar surface area (TPSA) is 95.9 Å². The van der Waals surface area contributed by atoms with Crippen LogP contribution in [0.2, 0.25) is 0 Å². The zero-order valence-electron chi connectivity index (χ0n) is 19.2. The van der Waals surface area contributed by atoms with E-state index in [2.05, 4.69) is 29.6 Å². The molecule has 1 saturated heterocycles. The summed E-state index contributed by atoms with van der Waals surface area (Å²) in [5, 5.41) is 12.0. The van der Waals surface area contributed by atoms with Gasteiger partial charge in [-0.3, -0.25) is 9.59 Å². The normalized spacial score (nSPS) is 18.0. The Hall–Kier alpha value is -3.00.